The van der Waals surface area contributed by atoms with Crippen LogP contribution in [0.2, 0.25) is 0 Å². The molecular formula is C12H27NO. The molecule has 2 atom stereocenters. The van der Waals surface area contributed by atoms with Crippen LogP contribution in [0.15, 0.2) is 0 Å². The minimum atomic E-state index is 0.546. The van der Waals surface area contributed by atoms with Crippen molar-refractivity contribution < 1.29 is 4.74 Å². The highest BCUT2D eigenvalue weighted by Crippen LogP contribution is 2.10. The van der Waals surface area contributed by atoms with Gasteiger partial charge in [0.25, 0.3) is 0 Å². The molecule has 0 amide bonds. The van der Waals surface area contributed by atoms with Crippen LogP contribution in [-0.2, 0) is 4.74 Å². The molecule has 0 aliphatic heterocycles. The lowest BCUT2D eigenvalue weighted by Crippen LogP contribution is -2.35. The Labute approximate surface area is 89.4 Å². The Kier molecular flexibility index (Phi) is 9.42. The predicted molar refractivity (Wildman–Crippen MR) is 62.6 cm³/mol. The molecule has 0 heterocycles. The molecule has 0 bridgehead atoms. The number of hydrogen-bond acceptors (Lipinski definition) is 2. The van der Waals surface area contributed by atoms with E-state index in [-0.39, 0.29) is 0 Å². The van der Waals surface area contributed by atoms with Crippen molar-refractivity contribution in [3.8, 4) is 0 Å². The first-order valence-electron chi connectivity index (χ1n) is 6.05. The number of hydrogen-bond donors (Lipinski definition) is 1. The van der Waals surface area contributed by atoms with Gasteiger partial charge in [0.15, 0.2) is 0 Å². The average molecular weight is 201 g/mol. The second-order valence-corrected chi connectivity index (χ2v) is 4.06. The lowest BCUT2D eigenvalue weighted by Gasteiger charge is -2.21. The van der Waals surface area contributed by atoms with Crippen molar-refractivity contribution in [2.24, 2.45) is 5.92 Å². The normalized spacial score (nSPS) is 15.4. The van der Waals surface area contributed by atoms with E-state index >= 15 is 0 Å². The van der Waals surface area contributed by atoms with Crippen LogP contribution in [0.4, 0.5) is 0 Å². The van der Waals surface area contributed by atoms with E-state index in [0.29, 0.717) is 6.04 Å². The molecule has 1 N–H and O–H groups in total. The first kappa shape index (κ1) is 13.9. The zero-order valence-electron chi connectivity index (χ0n) is 10.3. The summed E-state index contributed by atoms with van der Waals surface area (Å²) in [5.74, 6) is 0.796. The van der Waals surface area contributed by atoms with Gasteiger partial charge in [-0.2, -0.15) is 0 Å². The molecule has 2 unspecified atom stereocenters. The van der Waals surface area contributed by atoms with Crippen molar-refractivity contribution in [3.05, 3.63) is 0 Å². The molecule has 2 nitrogen and oxygen atoms in total. The van der Waals surface area contributed by atoms with Gasteiger partial charge in [-0.15, -0.1) is 0 Å². The molecular weight excluding hydrogens is 174 g/mol. The van der Waals surface area contributed by atoms with E-state index in [1.54, 1.807) is 0 Å². The fraction of sp³-hybridized carbons (Fsp3) is 1.00. The van der Waals surface area contributed by atoms with Crippen molar-refractivity contribution in [2.75, 3.05) is 19.8 Å². The first-order valence-corrected chi connectivity index (χ1v) is 6.05. The average Bonchev–Trinajstić information content (AvgIpc) is 2.21. The van der Waals surface area contributed by atoms with E-state index in [1.165, 1.54) is 19.3 Å². The van der Waals surface area contributed by atoms with Gasteiger partial charge < -0.3 is 10.1 Å². The molecule has 0 aromatic carbocycles. The van der Waals surface area contributed by atoms with Gasteiger partial charge in [0.05, 0.1) is 6.61 Å². The maximum Gasteiger partial charge on any atom is 0.0619 e. The van der Waals surface area contributed by atoms with Crippen molar-refractivity contribution in [2.45, 2.75) is 53.0 Å². The van der Waals surface area contributed by atoms with Gasteiger partial charge in [-0.1, -0.05) is 27.2 Å². The third-order valence-electron chi connectivity index (χ3n) is 2.59. The highest BCUT2D eigenvalue weighted by molar-refractivity contribution is 4.68. The van der Waals surface area contributed by atoms with Gasteiger partial charge in [-0.25, -0.2) is 0 Å². The van der Waals surface area contributed by atoms with E-state index < -0.39 is 0 Å². The van der Waals surface area contributed by atoms with Crippen LogP contribution < -0.4 is 5.32 Å². The van der Waals surface area contributed by atoms with E-state index in [0.717, 1.165) is 25.7 Å². The minimum absolute atomic E-state index is 0.546. The second-order valence-electron chi connectivity index (χ2n) is 4.06. The summed E-state index contributed by atoms with van der Waals surface area (Å²) in [6.07, 6.45) is 3.69. The largest absolute Gasteiger partial charge is 0.380 e. The van der Waals surface area contributed by atoms with Crippen LogP contribution in [0, 0.1) is 5.92 Å². The van der Waals surface area contributed by atoms with Gasteiger partial charge in [-0.05, 0) is 32.2 Å². The lowest BCUT2D eigenvalue weighted by atomic mass is 10.00. The molecule has 0 aliphatic rings. The Bertz CT molecular complexity index is 109. The summed E-state index contributed by atoms with van der Waals surface area (Å²) in [7, 11) is 0. The molecule has 0 saturated carbocycles. The van der Waals surface area contributed by atoms with Gasteiger partial charge in [0, 0.05) is 12.6 Å². The maximum absolute atomic E-state index is 5.48. The van der Waals surface area contributed by atoms with Crippen LogP contribution in [0.1, 0.15) is 47.0 Å². The summed E-state index contributed by atoms with van der Waals surface area (Å²) < 4.78 is 5.48. The zero-order chi connectivity index (χ0) is 10.8. The SMILES string of the molecule is CCCNC(COCC)CC(C)CC. The number of ether oxygens (including phenoxy) is 1. The molecule has 0 saturated heterocycles. The van der Waals surface area contributed by atoms with E-state index in [9.17, 15) is 0 Å². The second kappa shape index (κ2) is 9.47. The molecule has 0 spiro atoms. The summed E-state index contributed by atoms with van der Waals surface area (Å²) in [4.78, 5) is 0. The third kappa shape index (κ3) is 7.34. The van der Waals surface area contributed by atoms with Crippen molar-refractivity contribution >= 4 is 0 Å². The topological polar surface area (TPSA) is 21.3 Å². The van der Waals surface area contributed by atoms with Crippen LogP contribution in [0.25, 0.3) is 0 Å². The Morgan fingerprint density at radius 3 is 2.43 bits per heavy atom. The molecule has 0 radical (unpaired) electrons. The molecule has 2 heteroatoms. The fourth-order valence-electron chi connectivity index (χ4n) is 1.47. The molecule has 0 aliphatic carbocycles. The fourth-order valence-corrected chi connectivity index (χ4v) is 1.47. The Hall–Kier alpha value is -0.0800. The van der Waals surface area contributed by atoms with Crippen LogP contribution in [0.3, 0.4) is 0 Å². The zero-order valence-corrected chi connectivity index (χ0v) is 10.3. The van der Waals surface area contributed by atoms with Gasteiger partial charge in [-0.3, -0.25) is 0 Å². The van der Waals surface area contributed by atoms with Crippen molar-refractivity contribution in [1.82, 2.24) is 5.32 Å². The Morgan fingerprint density at radius 1 is 1.21 bits per heavy atom. The number of rotatable bonds is 9. The van der Waals surface area contributed by atoms with Crippen LogP contribution in [-0.4, -0.2) is 25.8 Å². The molecule has 86 valence electrons. The minimum Gasteiger partial charge on any atom is -0.380 e. The highest BCUT2D eigenvalue weighted by atomic mass is 16.5. The summed E-state index contributed by atoms with van der Waals surface area (Å²) in [5, 5.41) is 3.54. The number of nitrogens with one attached hydrogen (secondary N) is 1. The summed E-state index contributed by atoms with van der Waals surface area (Å²) in [5.41, 5.74) is 0. The van der Waals surface area contributed by atoms with Crippen LogP contribution >= 0.6 is 0 Å². The molecule has 0 aromatic rings. The van der Waals surface area contributed by atoms with E-state index in [2.05, 4.69) is 33.0 Å². The van der Waals surface area contributed by atoms with Crippen molar-refractivity contribution in [3.63, 3.8) is 0 Å². The van der Waals surface area contributed by atoms with Gasteiger partial charge in [0.2, 0.25) is 0 Å². The Morgan fingerprint density at radius 2 is 1.93 bits per heavy atom. The quantitative estimate of drug-likeness (QED) is 0.619. The highest BCUT2D eigenvalue weighted by Gasteiger charge is 2.11. The predicted octanol–water partition coefficient (Wildman–Crippen LogP) is 2.83. The molecule has 0 rings (SSSR count). The summed E-state index contributed by atoms with van der Waals surface area (Å²) in [6.45, 7) is 11.6. The Balaban J connectivity index is 3.71. The smallest absolute Gasteiger partial charge is 0.0619 e. The van der Waals surface area contributed by atoms with E-state index in [4.69, 9.17) is 4.74 Å². The first-order chi connectivity index (χ1) is 6.74. The van der Waals surface area contributed by atoms with Crippen LogP contribution in [0.5, 0.6) is 0 Å². The molecule has 14 heavy (non-hydrogen) atoms. The van der Waals surface area contributed by atoms with Gasteiger partial charge >= 0.3 is 0 Å². The van der Waals surface area contributed by atoms with Crippen molar-refractivity contribution in [1.29, 1.82) is 0 Å². The van der Waals surface area contributed by atoms with E-state index in [1.807, 2.05) is 0 Å². The monoisotopic (exact) mass is 201 g/mol. The molecule has 0 aromatic heterocycles. The summed E-state index contributed by atoms with van der Waals surface area (Å²) >= 11 is 0. The maximum atomic E-state index is 5.48. The lowest BCUT2D eigenvalue weighted by molar-refractivity contribution is 0.115. The van der Waals surface area contributed by atoms with Gasteiger partial charge in [0.1, 0.15) is 0 Å². The standard InChI is InChI=1S/C12H27NO/c1-5-8-13-12(10-14-7-3)9-11(4)6-2/h11-13H,5-10H2,1-4H3. The molecule has 0 fully saturated rings. The third-order valence-corrected chi connectivity index (χ3v) is 2.59. The summed E-state index contributed by atoms with van der Waals surface area (Å²) in [6, 6.07) is 0.546.